The summed E-state index contributed by atoms with van der Waals surface area (Å²) in [5.41, 5.74) is 0. The van der Waals surface area contributed by atoms with E-state index in [2.05, 4.69) is 11.3 Å². The summed E-state index contributed by atoms with van der Waals surface area (Å²) in [7, 11) is -7.45. The van der Waals surface area contributed by atoms with Gasteiger partial charge in [0.15, 0.2) is 0 Å². The van der Waals surface area contributed by atoms with Crippen LogP contribution in [0.15, 0.2) is 46.7 Å². The third-order valence-corrected chi connectivity index (χ3v) is 5.61. The van der Waals surface area contributed by atoms with Crippen LogP contribution in [0.5, 0.6) is 0 Å². The summed E-state index contributed by atoms with van der Waals surface area (Å²) in [5, 5.41) is 4.94. The maximum Gasteiger partial charge on any atom is 0.240 e. The predicted octanol–water partition coefficient (Wildman–Crippen LogP) is 0.532. The molecule has 1 aromatic rings. The Hall–Kier alpha value is -0.870. The minimum Gasteiger partial charge on any atom is -0.225 e. The Bertz CT molecular complexity index is 651. The lowest BCUT2D eigenvalue weighted by atomic mass is 10.4. The van der Waals surface area contributed by atoms with E-state index in [0.717, 1.165) is 17.9 Å². The third-order valence-electron chi connectivity index (χ3n) is 2.24. The lowest BCUT2D eigenvalue weighted by molar-refractivity contribution is 0.583. The van der Waals surface area contributed by atoms with Crippen LogP contribution in [0.2, 0.25) is 0 Å². The summed E-state index contributed by atoms with van der Waals surface area (Å²) < 4.78 is 48.4. The molecule has 0 aliphatic carbocycles. The van der Waals surface area contributed by atoms with Crippen molar-refractivity contribution in [1.82, 2.24) is 4.72 Å². The monoisotopic (exact) mass is 336 g/mol. The van der Waals surface area contributed by atoms with Crippen LogP contribution in [0.3, 0.4) is 0 Å². The second-order valence-electron chi connectivity index (χ2n) is 3.78. The van der Waals surface area contributed by atoms with Gasteiger partial charge in [-0.15, -0.1) is 6.58 Å². The van der Waals surface area contributed by atoms with Crippen LogP contribution in [0, 0.1) is 0 Å². The molecular formula is C11H16N2O4S3. The highest BCUT2D eigenvalue weighted by Gasteiger charge is 2.15. The molecule has 0 aliphatic heterocycles. The van der Waals surface area contributed by atoms with E-state index in [0.29, 0.717) is 5.75 Å². The first-order valence-corrected chi connectivity index (χ1v) is 9.77. The van der Waals surface area contributed by atoms with E-state index in [1.807, 2.05) is 0 Å². The zero-order valence-corrected chi connectivity index (χ0v) is 13.1. The average molecular weight is 336 g/mol. The Kier molecular flexibility index (Phi) is 6.21. The molecule has 0 heterocycles. The quantitative estimate of drug-likeness (QED) is 0.532. The average Bonchev–Trinajstić information content (AvgIpc) is 2.37. The first kappa shape index (κ1) is 17.2. The largest absolute Gasteiger partial charge is 0.240 e. The van der Waals surface area contributed by atoms with Gasteiger partial charge in [-0.25, -0.2) is 26.7 Å². The summed E-state index contributed by atoms with van der Waals surface area (Å²) in [5.74, 6) is 1.38. The summed E-state index contributed by atoms with van der Waals surface area (Å²) in [4.78, 5) is -0.128. The van der Waals surface area contributed by atoms with E-state index >= 15 is 0 Å². The second kappa shape index (κ2) is 7.23. The molecule has 1 aromatic carbocycles. The van der Waals surface area contributed by atoms with Gasteiger partial charge in [-0.1, -0.05) is 6.08 Å². The van der Waals surface area contributed by atoms with Gasteiger partial charge in [0.1, 0.15) is 0 Å². The molecule has 0 atom stereocenters. The molecule has 0 spiro atoms. The summed E-state index contributed by atoms with van der Waals surface area (Å²) >= 11 is 1.55. The number of thioether (sulfide) groups is 1. The zero-order valence-electron chi connectivity index (χ0n) is 10.7. The van der Waals surface area contributed by atoms with Crippen molar-refractivity contribution in [2.45, 2.75) is 9.79 Å². The molecule has 0 fully saturated rings. The summed E-state index contributed by atoms with van der Waals surface area (Å²) in [6.07, 6.45) is 1.74. The normalized spacial score (nSPS) is 12.2. The molecule has 20 heavy (non-hydrogen) atoms. The highest BCUT2D eigenvalue weighted by atomic mass is 32.2. The fourth-order valence-electron chi connectivity index (χ4n) is 1.31. The van der Waals surface area contributed by atoms with E-state index < -0.39 is 20.0 Å². The van der Waals surface area contributed by atoms with Crippen molar-refractivity contribution < 1.29 is 16.8 Å². The lowest BCUT2D eigenvalue weighted by Crippen LogP contribution is -2.26. The Balaban J connectivity index is 2.71. The second-order valence-corrected chi connectivity index (χ2v) is 8.26. The minimum atomic E-state index is -3.82. The Morgan fingerprint density at radius 1 is 1.15 bits per heavy atom. The molecule has 6 nitrogen and oxygen atoms in total. The number of sulfonamides is 2. The molecule has 0 saturated carbocycles. The van der Waals surface area contributed by atoms with Crippen molar-refractivity contribution in [3.05, 3.63) is 36.9 Å². The maximum atomic E-state index is 11.9. The molecule has 0 unspecified atom stereocenters. The van der Waals surface area contributed by atoms with Gasteiger partial charge in [0.25, 0.3) is 0 Å². The third kappa shape index (κ3) is 5.25. The fourth-order valence-corrected chi connectivity index (χ4v) is 3.56. The molecule has 0 amide bonds. The fraction of sp³-hybridized carbons (Fsp3) is 0.273. The van der Waals surface area contributed by atoms with Gasteiger partial charge in [0, 0.05) is 18.1 Å². The first-order valence-electron chi connectivity index (χ1n) is 5.58. The van der Waals surface area contributed by atoms with Crippen molar-refractivity contribution >= 4 is 31.8 Å². The topological polar surface area (TPSA) is 106 Å². The van der Waals surface area contributed by atoms with Gasteiger partial charge in [-0.05, 0) is 24.3 Å². The van der Waals surface area contributed by atoms with Crippen LogP contribution in [0.1, 0.15) is 0 Å². The van der Waals surface area contributed by atoms with Crippen molar-refractivity contribution in [2.24, 2.45) is 5.14 Å². The molecule has 112 valence electrons. The Morgan fingerprint density at radius 2 is 1.70 bits per heavy atom. The summed E-state index contributed by atoms with van der Waals surface area (Å²) in [6.45, 7) is 3.85. The lowest BCUT2D eigenvalue weighted by Gasteiger charge is -2.07. The Morgan fingerprint density at radius 3 is 2.20 bits per heavy atom. The van der Waals surface area contributed by atoms with Crippen LogP contribution >= 0.6 is 11.8 Å². The van der Waals surface area contributed by atoms with Gasteiger partial charge < -0.3 is 0 Å². The number of rotatable bonds is 8. The highest BCUT2D eigenvalue weighted by molar-refractivity contribution is 7.99. The van der Waals surface area contributed by atoms with Crippen LogP contribution in [-0.4, -0.2) is 34.9 Å². The van der Waals surface area contributed by atoms with Gasteiger partial charge in [0.05, 0.1) is 9.79 Å². The zero-order chi connectivity index (χ0) is 15.2. The smallest absolute Gasteiger partial charge is 0.225 e. The molecule has 1 rings (SSSR count). The highest BCUT2D eigenvalue weighted by Crippen LogP contribution is 2.13. The molecular weight excluding hydrogens is 320 g/mol. The first-order chi connectivity index (χ1) is 9.27. The van der Waals surface area contributed by atoms with Crippen molar-refractivity contribution in [1.29, 1.82) is 0 Å². The molecule has 0 saturated heterocycles. The van der Waals surface area contributed by atoms with E-state index in [9.17, 15) is 16.8 Å². The van der Waals surface area contributed by atoms with E-state index in [-0.39, 0.29) is 16.3 Å². The Labute approximate surface area is 123 Å². The number of nitrogens with two attached hydrogens (primary N) is 1. The molecule has 0 aliphatic rings. The van der Waals surface area contributed by atoms with E-state index in [1.54, 1.807) is 17.8 Å². The van der Waals surface area contributed by atoms with Crippen LogP contribution in [-0.2, 0) is 20.0 Å². The van der Waals surface area contributed by atoms with Gasteiger partial charge in [-0.3, -0.25) is 0 Å². The van der Waals surface area contributed by atoms with Gasteiger partial charge in [0.2, 0.25) is 20.0 Å². The van der Waals surface area contributed by atoms with Gasteiger partial charge >= 0.3 is 0 Å². The van der Waals surface area contributed by atoms with Crippen molar-refractivity contribution in [3.8, 4) is 0 Å². The van der Waals surface area contributed by atoms with E-state index in [4.69, 9.17) is 5.14 Å². The van der Waals surface area contributed by atoms with Crippen molar-refractivity contribution in [3.63, 3.8) is 0 Å². The van der Waals surface area contributed by atoms with Crippen LogP contribution in [0.25, 0.3) is 0 Å². The molecule has 3 N–H and O–H groups in total. The minimum absolute atomic E-state index is 0.00128. The number of benzene rings is 1. The van der Waals surface area contributed by atoms with Crippen molar-refractivity contribution in [2.75, 3.05) is 18.1 Å². The summed E-state index contributed by atoms with van der Waals surface area (Å²) in [6, 6.07) is 4.74. The van der Waals surface area contributed by atoms with Gasteiger partial charge in [-0.2, -0.15) is 11.8 Å². The number of hydrogen-bond donors (Lipinski definition) is 2. The molecule has 0 radical (unpaired) electrons. The number of primary sulfonamides is 1. The predicted molar refractivity (Wildman–Crippen MR) is 80.5 cm³/mol. The standard InChI is InChI=1S/C11H16N2O4S3/c1-2-8-18-9-7-13-20(16,17)11-5-3-10(4-6-11)19(12,14)15/h2-6,13H,1,7-9H2,(H2,12,14,15). The SMILES string of the molecule is C=CCSCCNS(=O)(=O)c1ccc(S(N)(=O)=O)cc1. The maximum absolute atomic E-state index is 11.9. The number of nitrogens with one attached hydrogen (secondary N) is 1. The molecule has 0 aromatic heterocycles. The van der Waals surface area contributed by atoms with E-state index in [1.165, 1.54) is 12.1 Å². The van der Waals surface area contributed by atoms with Crippen LogP contribution < -0.4 is 9.86 Å². The molecule has 9 heteroatoms. The van der Waals surface area contributed by atoms with Crippen LogP contribution in [0.4, 0.5) is 0 Å². The molecule has 0 bridgehead atoms. The number of hydrogen-bond acceptors (Lipinski definition) is 5.